The van der Waals surface area contributed by atoms with Crippen LogP contribution in [0.25, 0.3) is 0 Å². The van der Waals surface area contributed by atoms with E-state index in [-0.39, 0.29) is 23.0 Å². The van der Waals surface area contributed by atoms with E-state index in [1.807, 2.05) is 6.92 Å². The molecule has 0 amide bonds. The lowest BCUT2D eigenvalue weighted by Gasteiger charge is -2.11. The SMILES string of the molecule is CCC(N)Cc1c(Cl)ccc(F)c1F. The minimum absolute atomic E-state index is 0.168. The van der Waals surface area contributed by atoms with Gasteiger partial charge < -0.3 is 5.73 Å². The molecule has 78 valence electrons. The Balaban J connectivity index is 3.00. The second-order valence-electron chi connectivity index (χ2n) is 3.19. The van der Waals surface area contributed by atoms with Crippen molar-refractivity contribution in [1.29, 1.82) is 0 Å². The zero-order valence-electron chi connectivity index (χ0n) is 7.86. The van der Waals surface area contributed by atoms with E-state index in [9.17, 15) is 8.78 Å². The van der Waals surface area contributed by atoms with E-state index in [0.29, 0.717) is 6.42 Å². The molecule has 4 heteroatoms. The summed E-state index contributed by atoms with van der Waals surface area (Å²) < 4.78 is 26.1. The third kappa shape index (κ3) is 2.42. The molecule has 2 N–H and O–H groups in total. The molecular formula is C10H12ClF2N. The molecular weight excluding hydrogens is 208 g/mol. The van der Waals surface area contributed by atoms with E-state index in [0.717, 1.165) is 6.07 Å². The molecule has 1 aromatic rings. The summed E-state index contributed by atoms with van der Waals surface area (Å²) in [5.74, 6) is -1.77. The summed E-state index contributed by atoms with van der Waals surface area (Å²) in [4.78, 5) is 0. The minimum atomic E-state index is -0.888. The molecule has 0 saturated carbocycles. The van der Waals surface area contributed by atoms with Crippen molar-refractivity contribution in [3.05, 3.63) is 34.4 Å². The van der Waals surface area contributed by atoms with Crippen molar-refractivity contribution in [1.82, 2.24) is 0 Å². The first kappa shape index (κ1) is 11.4. The van der Waals surface area contributed by atoms with Crippen molar-refractivity contribution in [2.24, 2.45) is 5.73 Å². The molecule has 1 atom stereocenters. The van der Waals surface area contributed by atoms with Crippen LogP contribution >= 0.6 is 11.6 Å². The molecule has 0 aliphatic carbocycles. The van der Waals surface area contributed by atoms with Gasteiger partial charge in [-0.3, -0.25) is 0 Å². The van der Waals surface area contributed by atoms with Gasteiger partial charge in [-0.2, -0.15) is 0 Å². The van der Waals surface area contributed by atoms with E-state index in [1.165, 1.54) is 6.07 Å². The summed E-state index contributed by atoms with van der Waals surface area (Å²) in [5.41, 5.74) is 5.81. The Morgan fingerprint density at radius 1 is 1.43 bits per heavy atom. The molecule has 1 nitrogen and oxygen atoms in total. The summed E-state index contributed by atoms with van der Waals surface area (Å²) in [6.45, 7) is 1.88. The normalized spacial score (nSPS) is 12.9. The van der Waals surface area contributed by atoms with Crippen LogP contribution in [0, 0.1) is 11.6 Å². The number of halogens is 3. The van der Waals surface area contributed by atoms with E-state index in [1.54, 1.807) is 0 Å². The predicted molar refractivity (Wildman–Crippen MR) is 53.3 cm³/mol. The maximum atomic E-state index is 13.2. The first-order valence-corrected chi connectivity index (χ1v) is 4.82. The van der Waals surface area contributed by atoms with Crippen molar-refractivity contribution < 1.29 is 8.78 Å². The van der Waals surface area contributed by atoms with Gasteiger partial charge in [0.1, 0.15) is 0 Å². The molecule has 1 aromatic carbocycles. The number of nitrogens with two attached hydrogens (primary N) is 1. The van der Waals surface area contributed by atoms with Gasteiger partial charge in [-0.25, -0.2) is 8.78 Å². The molecule has 0 radical (unpaired) electrons. The highest BCUT2D eigenvalue weighted by Gasteiger charge is 2.14. The van der Waals surface area contributed by atoms with Crippen LogP contribution in [0.15, 0.2) is 12.1 Å². The molecule has 0 aliphatic rings. The number of hydrogen-bond acceptors (Lipinski definition) is 1. The van der Waals surface area contributed by atoms with Gasteiger partial charge in [0, 0.05) is 16.6 Å². The Labute approximate surface area is 86.9 Å². The van der Waals surface area contributed by atoms with Gasteiger partial charge in [0.05, 0.1) is 0 Å². The third-order valence-corrected chi connectivity index (χ3v) is 2.48. The first-order valence-electron chi connectivity index (χ1n) is 4.44. The van der Waals surface area contributed by atoms with Crippen LogP contribution in [0.4, 0.5) is 8.78 Å². The van der Waals surface area contributed by atoms with E-state index < -0.39 is 11.6 Å². The zero-order chi connectivity index (χ0) is 10.7. The highest BCUT2D eigenvalue weighted by Crippen LogP contribution is 2.22. The lowest BCUT2D eigenvalue weighted by atomic mass is 10.0. The molecule has 1 unspecified atom stereocenters. The Morgan fingerprint density at radius 2 is 2.07 bits per heavy atom. The average Bonchev–Trinajstić information content (AvgIpc) is 2.18. The number of rotatable bonds is 3. The second kappa shape index (κ2) is 4.71. The van der Waals surface area contributed by atoms with Crippen LogP contribution in [0.3, 0.4) is 0 Å². The summed E-state index contributed by atoms with van der Waals surface area (Å²) in [6.07, 6.45) is 0.964. The second-order valence-corrected chi connectivity index (χ2v) is 3.60. The molecule has 0 aromatic heterocycles. The zero-order valence-corrected chi connectivity index (χ0v) is 8.61. The molecule has 0 heterocycles. The summed E-state index contributed by atoms with van der Waals surface area (Å²) in [6, 6.07) is 2.17. The highest BCUT2D eigenvalue weighted by atomic mass is 35.5. The molecule has 14 heavy (non-hydrogen) atoms. The van der Waals surface area contributed by atoms with Crippen molar-refractivity contribution in [2.45, 2.75) is 25.8 Å². The highest BCUT2D eigenvalue weighted by molar-refractivity contribution is 6.31. The van der Waals surface area contributed by atoms with Crippen LogP contribution in [-0.4, -0.2) is 6.04 Å². The van der Waals surface area contributed by atoms with Gasteiger partial charge in [-0.15, -0.1) is 0 Å². The Hall–Kier alpha value is -0.670. The van der Waals surface area contributed by atoms with Crippen LogP contribution in [0.1, 0.15) is 18.9 Å². The van der Waals surface area contributed by atoms with Crippen molar-refractivity contribution in [2.75, 3.05) is 0 Å². The van der Waals surface area contributed by atoms with Gasteiger partial charge in [-0.05, 0) is 25.0 Å². The van der Waals surface area contributed by atoms with Gasteiger partial charge in [0.15, 0.2) is 11.6 Å². The van der Waals surface area contributed by atoms with Crippen molar-refractivity contribution >= 4 is 11.6 Å². The molecule has 0 aliphatic heterocycles. The predicted octanol–water partition coefficient (Wildman–Crippen LogP) is 2.90. The fraction of sp³-hybridized carbons (Fsp3) is 0.400. The molecule has 0 fully saturated rings. The number of benzene rings is 1. The van der Waals surface area contributed by atoms with E-state index in [2.05, 4.69) is 0 Å². The summed E-state index contributed by atoms with van der Waals surface area (Å²) in [5, 5.41) is 0.229. The first-order chi connectivity index (χ1) is 6.56. The van der Waals surface area contributed by atoms with Crippen molar-refractivity contribution in [3.8, 4) is 0 Å². The van der Waals surface area contributed by atoms with Crippen molar-refractivity contribution in [3.63, 3.8) is 0 Å². The van der Waals surface area contributed by atoms with Gasteiger partial charge >= 0.3 is 0 Å². The molecule has 0 saturated heterocycles. The van der Waals surface area contributed by atoms with Crippen LogP contribution in [-0.2, 0) is 6.42 Å². The Bertz CT molecular complexity index is 328. The van der Waals surface area contributed by atoms with Crippen LogP contribution < -0.4 is 5.73 Å². The van der Waals surface area contributed by atoms with E-state index >= 15 is 0 Å². The maximum absolute atomic E-state index is 13.2. The van der Waals surface area contributed by atoms with Gasteiger partial charge in [-0.1, -0.05) is 18.5 Å². The summed E-state index contributed by atoms with van der Waals surface area (Å²) >= 11 is 5.74. The average molecular weight is 220 g/mol. The minimum Gasteiger partial charge on any atom is -0.327 e. The topological polar surface area (TPSA) is 26.0 Å². The quantitative estimate of drug-likeness (QED) is 0.778. The molecule has 0 spiro atoms. The Morgan fingerprint density at radius 3 is 2.64 bits per heavy atom. The monoisotopic (exact) mass is 219 g/mol. The number of hydrogen-bond donors (Lipinski definition) is 1. The third-order valence-electron chi connectivity index (χ3n) is 2.13. The van der Waals surface area contributed by atoms with Crippen LogP contribution in [0.5, 0.6) is 0 Å². The standard InChI is InChI=1S/C10H12ClF2N/c1-2-6(14)5-7-8(11)3-4-9(12)10(7)13/h3-4,6H,2,5,14H2,1H3. The lowest BCUT2D eigenvalue weighted by molar-refractivity contribution is 0.492. The maximum Gasteiger partial charge on any atom is 0.163 e. The van der Waals surface area contributed by atoms with Gasteiger partial charge in [0.2, 0.25) is 0 Å². The molecule has 0 bridgehead atoms. The smallest absolute Gasteiger partial charge is 0.163 e. The molecule has 1 rings (SSSR count). The lowest BCUT2D eigenvalue weighted by Crippen LogP contribution is -2.22. The summed E-state index contributed by atoms with van der Waals surface area (Å²) in [7, 11) is 0. The van der Waals surface area contributed by atoms with Crippen LogP contribution in [0.2, 0.25) is 5.02 Å². The Kier molecular flexibility index (Phi) is 3.84. The van der Waals surface area contributed by atoms with Gasteiger partial charge in [0.25, 0.3) is 0 Å². The fourth-order valence-electron chi connectivity index (χ4n) is 1.16. The fourth-order valence-corrected chi connectivity index (χ4v) is 1.39. The largest absolute Gasteiger partial charge is 0.327 e. The van der Waals surface area contributed by atoms with E-state index in [4.69, 9.17) is 17.3 Å².